The van der Waals surface area contributed by atoms with Gasteiger partial charge in [-0.2, -0.15) is 5.26 Å². The number of carbonyl (C=O) groups excluding carboxylic acids is 1. The Kier molecular flexibility index (Phi) is 5.18. The van der Waals surface area contributed by atoms with Crippen LogP contribution in [0.25, 0.3) is 6.08 Å². The first-order valence-electron chi connectivity index (χ1n) is 6.46. The van der Waals surface area contributed by atoms with Crippen LogP contribution in [-0.2, 0) is 4.79 Å². The third-order valence-electron chi connectivity index (χ3n) is 2.88. The first kappa shape index (κ1) is 15.6. The SMILES string of the molecule is COc1ccccc1NC(=O)/C(C#N)=C/c1cccc(Cl)c1. The van der Waals surface area contributed by atoms with Gasteiger partial charge in [0.1, 0.15) is 17.4 Å². The number of ether oxygens (including phenoxy) is 1. The molecule has 0 unspecified atom stereocenters. The maximum atomic E-state index is 12.2. The van der Waals surface area contributed by atoms with Crippen molar-refractivity contribution in [2.75, 3.05) is 12.4 Å². The summed E-state index contributed by atoms with van der Waals surface area (Å²) in [5.74, 6) is 0.0165. The van der Waals surface area contributed by atoms with Gasteiger partial charge in [0.25, 0.3) is 5.91 Å². The zero-order valence-electron chi connectivity index (χ0n) is 11.8. The second-order valence-corrected chi connectivity index (χ2v) is 4.82. The predicted molar refractivity (Wildman–Crippen MR) is 86.7 cm³/mol. The van der Waals surface area contributed by atoms with Crippen molar-refractivity contribution in [2.24, 2.45) is 0 Å². The Bertz CT molecular complexity index is 763. The molecular weight excluding hydrogens is 300 g/mol. The molecule has 0 saturated heterocycles. The van der Waals surface area contributed by atoms with Crippen molar-refractivity contribution in [1.82, 2.24) is 0 Å². The highest BCUT2D eigenvalue weighted by atomic mass is 35.5. The van der Waals surface area contributed by atoms with Gasteiger partial charge in [-0.3, -0.25) is 4.79 Å². The number of anilines is 1. The number of hydrogen-bond acceptors (Lipinski definition) is 3. The van der Waals surface area contributed by atoms with Crippen molar-refractivity contribution in [3.05, 3.63) is 64.7 Å². The molecule has 0 atom stereocenters. The molecule has 0 fully saturated rings. The van der Waals surface area contributed by atoms with E-state index in [9.17, 15) is 10.1 Å². The van der Waals surface area contributed by atoms with Gasteiger partial charge in [-0.25, -0.2) is 0 Å². The average Bonchev–Trinajstić information content (AvgIpc) is 2.53. The summed E-state index contributed by atoms with van der Waals surface area (Å²) >= 11 is 5.89. The van der Waals surface area contributed by atoms with E-state index < -0.39 is 5.91 Å². The first-order chi connectivity index (χ1) is 10.6. The van der Waals surface area contributed by atoms with Crippen molar-refractivity contribution in [3.63, 3.8) is 0 Å². The maximum Gasteiger partial charge on any atom is 0.266 e. The molecule has 0 aromatic heterocycles. The van der Waals surface area contributed by atoms with Crippen molar-refractivity contribution in [1.29, 1.82) is 5.26 Å². The van der Waals surface area contributed by atoms with E-state index in [0.29, 0.717) is 22.0 Å². The van der Waals surface area contributed by atoms with Gasteiger partial charge in [0.15, 0.2) is 0 Å². The summed E-state index contributed by atoms with van der Waals surface area (Å²) < 4.78 is 5.16. The highest BCUT2D eigenvalue weighted by Crippen LogP contribution is 2.23. The molecule has 0 aliphatic carbocycles. The van der Waals surface area contributed by atoms with Crippen LogP contribution in [0.1, 0.15) is 5.56 Å². The van der Waals surface area contributed by atoms with E-state index in [1.807, 2.05) is 6.07 Å². The molecule has 2 aromatic carbocycles. The number of nitriles is 1. The molecule has 0 saturated carbocycles. The molecule has 0 spiro atoms. The Morgan fingerprint density at radius 3 is 2.73 bits per heavy atom. The van der Waals surface area contributed by atoms with Crippen LogP contribution < -0.4 is 10.1 Å². The number of nitrogens with zero attached hydrogens (tertiary/aromatic N) is 1. The average molecular weight is 313 g/mol. The number of rotatable bonds is 4. The fourth-order valence-corrected chi connectivity index (χ4v) is 2.05. The van der Waals surface area contributed by atoms with Gasteiger partial charge < -0.3 is 10.1 Å². The molecule has 0 aliphatic heterocycles. The van der Waals surface area contributed by atoms with Gasteiger partial charge in [0, 0.05) is 5.02 Å². The zero-order valence-corrected chi connectivity index (χ0v) is 12.6. The van der Waals surface area contributed by atoms with Crippen molar-refractivity contribution >= 4 is 29.3 Å². The van der Waals surface area contributed by atoms with E-state index in [0.717, 1.165) is 0 Å². The maximum absolute atomic E-state index is 12.2. The fourth-order valence-electron chi connectivity index (χ4n) is 1.85. The van der Waals surface area contributed by atoms with E-state index >= 15 is 0 Å². The standard InChI is InChI=1S/C17H13ClN2O2/c1-22-16-8-3-2-7-15(16)20-17(21)13(11-19)9-12-5-4-6-14(18)10-12/h2-10H,1H3,(H,20,21)/b13-9+. The van der Waals surface area contributed by atoms with Gasteiger partial charge in [-0.05, 0) is 35.9 Å². The minimum atomic E-state index is -0.507. The van der Waals surface area contributed by atoms with E-state index in [1.54, 1.807) is 48.5 Å². The van der Waals surface area contributed by atoms with Crippen molar-refractivity contribution in [3.8, 4) is 11.8 Å². The molecule has 1 N–H and O–H groups in total. The van der Waals surface area contributed by atoms with E-state index in [-0.39, 0.29) is 5.57 Å². The number of methoxy groups -OCH3 is 1. The largest absolute Gasteiger partial charge is 0.495 e. The highest BCUT2D eigenvalue weighted by molar-refractivity contribution is 6.30. The number of nitrogens with one attached hydrogen (secondary N) is 1. The second-order valence-electron chi connectivity index (χ2n) is 4.38. The lowest BCUT2D eigenvalue weighted by Crippen LogP contribution is -2.14. The van der Waals surface area contributed by atoms with E-state index in [2.05, 4.69) is 5.32 Å². The molecule has 110 valence electrons. The molecule has 2 aromatic rings. The van der Waals surface area contributed by atoms with Crippen molar-refractivity contribution in [2.45, 2.75) is 0 Å². The Balaban J connectivity index is 2.25. The smallest absolute Gasteiger partial charge is 0.266 e. The number of hydrogen-bond donors (Lipinski definition) is 1. The number of halogens is 1. The Morgan fingerprint density at radius 2 is 2.05 bits per heavy atom. The summed E-state index contributed by atoms with van der Waals surface area (Å²) in [6.07, 6.45) is 1.48. The lowest BCUT2D eigenvalue weighted by atomic mass is 10.1. The van der Waals surface area contributed by atoms with Gasteiger partial charge in [-0.1, -0.05) is 35.9 Å². The predicted octanol–water partition coefficient (Wildman–Crippen LogP) is 3.89. The van der Waals surface area contributed by atoms with Crippen LogP contribution in [0.4, 0.5) is 5.69 Å². The van der Waals surface area contributed by atoms with E-state index in [4.69, 9.17) is 16.3 Å². The first-order valence-corrected chi connectivity index (χ1v) is 6.83. The summed E-state index contributed by atoms with van der Waals surface area (Å²) in [6, 6.07) is 15.8. The van der Waals surface area contributed by atoms with Crippen LogP contribution in [-0.4, -0.2) is 13.0 Å². The molecule has 5 heteroatoms. The lowest BCUT2D eigenvalue weighted by molar-refractivity contribution is -0.112. The number of carbonyl (C=O) groups is 1. The molecule has 0 heterocycles. The van der Waals surface area contributed by atoms with Gasteiger partial charge in [0.05, 0.1) is 12.8 Å². The van der Waals surface area contributed by atoms with Gasteiger partial charge in [-0.15, -0.1) is 0 Å². The van der Waals surface area contributed by atoms with Crippen molar-refractivity contribution < 1.29 is 9.53 Å². The van der Waals surface area contributed by atoms with Crippen LogP contribution in [0.15, 0.2) is 54.1 Å². The molecule has 0 radical (unpaired) electrons. The fraction of sp³-hybridized carbons (Fsp3) is 0.0588. The zero-order chi connectivity index (χ0) is 15.9. The summed E-state index contributed by atoms with van der Waals surface area (Å²) in [7, 11) is 1.51. The van der Waals surface area contributed by atoms with Crippen LogP contribution in [0.2, 0.25) is 5.02 Å². The Morgan fingerprint density at radius 1 is 1.27 bits per heavy atom. The number of benzene rings is 2. The van der Waals surface area contributed by atoms with Gasteiger partial charge >= 0.3 is 0 Å². The monoisotopic (exact) mass is 312 g/mol. The van der Waals surface area contributed by atoms with Crippen LogP contribution in [0.5, 0.6) is 5.75 Å². The minimum absolute atomic E-state index is 0.0202. The molecule has 1 amide bonds. The normalized spacial score (nSPS) is 10.7. The molecule has 0 bridgehead atoms. The third-order valence-corrected chi connectivity index (χ3v) is 3.12. The second kappa shape index (κ2) is 7.30. The quantitative estimate of drug-likeness (QED) is 0.688. The summed E-state index contributed by atoms with van der Waals surface area (Å²) in [4.78, 5) is 12.2. The molecule has 4 nitrogen and oxygen atoms in total. The van der Waals surface area contributed by atoms with Crippen LogP contribution >= 0.6 is 11.6 Å². The molecule has 2 rings (SSSR count). The Hall–Kier alpha value is -2.77. The third kappa shape index (κ3) is 3.87. The van der Waals surface area contributed by atoms with E-state index in [1.165, 1.54) is 13.2 Å². The van der Waals surface area contributed by atoms with Crippen LogP contribution in [0, 0.1) is 11.3 Å². The lowest BCUT2D eigenvalue weighted by Gasteiger charge is -2.09. The molecule has 0 aliphatic rings. The minimum Gasteiger partial charge on any atom is -0.495 e. The topological polar surface area (TPSA) is 62.1 Å². The molecule has 22 heavy (non-hydrogen) atoms. The van der Waals surface area contributed by atoms with Crippen LogP contribution in [0.3, 0.4) is 0 Å². The highest BCUT2D eigenvalue weighted by Gasteiger charge is 2.12. The Labute approximate surface area is 133 Å². The summed E-state index contributed by atoms with van der Waals surface area (Å²) in [6.45, 7) is 0. The summed E-state index contributed by atoms with van der Waals surface area (Å²) in [5, 5.41) is 12.4. The number of amides is 1. The molecular formula is C17H13ClN2O2. The van der Waals surface area contributed by atoms with Gasteiger partial charge in [0.2, 0.25) is 0 Å². The number of para-hydroxylation sites is 2. The summed E-state index contributed by atoms with van der Waals surface area (Å²) in [5.41, 5.74) is 1.16.